The first-order valence-corrected chi connectivity index (χ1v) is 51.4. The van der Waals surface area contributed by atoms with Gasteiger partial charge < -0.3 is 57.7 Å². The van der Waals surface area contributed by atoms with Crippen molar-refractivity contribution in [3.63, 3.8) is 0 Å². The van der Waals surface area contributed by atoms with Crippen molar-refractivity contribution in [3.8, 4) is 5.75 Å². The van der Waals surface area contributed by atoms with E-state index in [4.69, 9.17) is 63.2 Å². The first-order chi connectivity index (χ1) is 65.5. The minimum Gasteiger partial charge on any atom is -0.435 e. The summed E-state index contributed by atoms with van der Waals surface area (Å²) in [6.07, 6.45) is 1.04. The van der Waals surface area contributed by atoms with Gasteiger partial charge in [0.15, 0.2) is 0 Å². The van der Waals surface area contributed by atoms with Gasteiger partial charge in [-0.25, -0.2) is 4.98 Å². The third-order valence-electron chi connectivity index (χ3n) is 27.7. The van der Waals surface area contributed by atoms with Crippen LogP contribution in [0.3, 0.4) is 0 Å². The van der Waals surface area contributed by atoms with E-state index in [2.05, 4.69) is 135 Å². The van der Waals surface area contributed by atoms with Gasteiger partial charge in [-0.15, -0.1) is 0 Å². The molecule has 0 spiro atoms. The van der Waals surface area contributed by atoms with Crippen LogP contribution in [0.2, 0.25) is 15.1 Å². The van der Waals surface area contributed by atoms with Gasteiger partial charge in [0.05, 0.1) is 89.9 Å². The van der Waals surface area contributed by atoms with Crippen LogP contribution in [0.25, 0.3) is 0 Å². The zero-order valence-corrected chi connectivity index (χ0v) is 89.1. The molecule has 12 rings (SSSR count). The number of aromatic nitrogens is 1. The molecule has 1 aromatic heterocycles. The van der Waals surface area contributed by atoms with E-state index in [1.807, 2.05) is 102 Å². The average molecular weight is 2050 g/mol. The molecule has 6 fully saturated rings. The molecule has 31 heteroatoms. The quantitative estimate of drug-likeness (QED) is 0.0417. The highest BCUT2D eigenvalue weighted by molar-refractivity contribution is 6.34. The third-order valence-corrected chi connectivity index (χ3v) is 28.3. The summed E-state index contributed by atoms with van der Waals surface area (Å²) in [6, 6.07) is 34.4. The van der Waals surface area contributed by atoms with Gasteiger partial charge in [0.25, 0.3) is 0 Å². The van der Waals surface area contributed by atoms with Crippen LogP contribution in [0.1, 0.15) is 311 Å². The SMILES string of the molecule is CC(C)O[C@H]1CC[C@H](c2cc(Cl)cc(C(F)(F)F)c2)C[C@@H]1N(C)C.CC(C)O[C@H]1CC[C@H](c2cc(Cl)cc(Cl)c2)C[C@@H]1N(C)C.CC(C)O[C@H]1CC[C@H](c2cccc(C(F)(F)F)n2)C[C@@H]1N(C)C.CC(C)O[C@H]1CC[C@H](c2cccc(OC(F)F)c2)C[C@@H]1N(C)C.CCN(C)[C@H]1C[C@@H](c2cccc(C(F)(F)F)c2)CC[C@@H]1OC(C)C.CCN(CC)[C@H]1C[C@@H](c2cccc(C(F)(F)F)c2)CC[C@@H]1OC(C)C. The lowest BCUT2D eigenvalue weighted by Gasteiger charge is -2.42. The molecule has 0 saturated heterocycles. The van der Waals surface area contributed by atoms with Crippen LogP contribution in [0.15, 0.2) is 127 Å². The van der Waals surface area contributed by atoms with E-state index in [9.17, 15) is 61.5 Å². The lowest BCUT2D eigenvalue weighted by molar-refractivity contribution is -0.141. The summed E-state index contributed by atoms with van der Waals surface area (Å²) in [5, 5.41) is 1.58. The number of pyridine rings is 1. The maximum Gasteiger partial charge on any atom is 0.433 e. The summed E-state index contributed by atoms with van der Waals surface area (Å²) in [6.45, 7) is 30.8. The van der Waals surface area contributed by atoms with Crippen LogP contribution < -0.4 is 4.74 Å². The Bertz CT molecular complexity index is 4560. The second kappa shape index (κ2) is 56.6. The molecule has 0 N–H and O–H groups in total. The number of nitrogens with zero attached hydrogens (tertiary/aromatic N) is 7. The number of alkyl halides is 14. The number of rotatable bonds is 29. The number of ether oxygens (including phenoxy) is 7. The summed E-state index contributed by atoms with van der Waals surface area (Å²) in [4.78, 5) is 17.2. The largest absolute Gasteiger partial charge is 0.435 e. The molecule has 14 nitrogen and oxygen atoms in total. The minimum absolute atomic E-state index is 0.0386. The van der Waals surface area contributed by atoms with Crippen molar-refractivity contribution in [2.45, 2.75) is 396 Å². The maximum absolute atomic E-state index is 13.0. The van der Waals surface area contributed by atoms with Crippen LogP contribution in [-0.4, -0.2) is 234 Å². The van der Waals surface area contributed by atoms with Crippen molar-refractivity contribution >= 4 is 34.8 Å². The van der Waals surface area contributed by atoms with Crippen molar-refractivity contribution in [2.75, 3.05) is 83.1 Å². The van der Waals surface area contributed by atoms with Crippen LogP contribution in [-0.2, 0) is 53.1 Å². The number of hydrogen-bond donors (Lipinski definition) is 0. The number of halogens is 17. The molecule has 0 aliphatic heterocycles. The summed E-state index contributed by atoms with van der Waals surface area (Å²) in [5.74, 6) is 1.48. The Kier molecular flexibility index (Phi) is 49.0. The molecule has 792 valence electrons. The normalized spacial score (nSPS) is 25.6. The second-order valence-electron chi connectivity index (χ2n) is 41.1. The Hall–Kier alpha value is -5.54. The highest BCUT2D eigenvalue weighted by Crippen LogP contribution is 2.47. The molecular formula is C109H160Cl3F14N7O7. The van der Waals surface area contributed by atoms with E-state index in [1.165, 1.54) is 42.0 Å². The second-order valence-corrected chi connectivity index (χ2v) is 42.4. The van der Waals surface area contributed by atoms with Gasteiger partial charge in [0.1, 0.15) is 11.4 Å². The molecule has 0 radical (unpaired) electrons. The van der Waals surface area contributed by atoms with Gasteiger partial charge in [-0.05, 0) is 412 Å². The lowest BCUT2D eigenvalue weighted by atomic mass is 9.78. The zero-order chi connectivity index (χ0) is 104. The number of likely N-dealkylation sites (N-methyl/N-ethyl adjacent to an activating group) is 6. The maximum atomic E-state index is 13.0. The van der Waals surface area contributed by atoms with Gasteiger partial charge in [0.2, 0.25) is 0 Å². The fourth-order valence-electron chi connectivity index (χ4n) is 21.0. The van der Waals surface area contributed by atoms with Crippen LogP contribution in [0.4, 0.5) is 61.5 Å². The summed E-state index contributed by atoms with van der Waals surface area (Å²) < 4.78 is 221. The van der Waals surface area contributed by atoms with Crippen molar-refractivity contribution in [3.05, 3.63) is 198 Å². The zero-order valence-electron chi connectivity index (χ0n) is 86.8. The van der Waals surface area contributed by atoms with Crippen molar-refractivity contribution in [2.24, 2.45) is 0 Å². The van der Waals surface area contributed by atoms with Crippen molar-refractivity contribution < 1.29 is 94.6 Å². The number of hydrogen-bond acceptors (Lipinski definition) is 14. The summed E-state index contributed by atoms with van der Waals surface area (Å²) >= 11 is 18.2. The van der Waals surface area contributed by atoms with E-state index in [0.29, 0.717) is 41.3 Å². The third kappa shape index (κ3) is 38.9. The van der Waals surface area contributed by atoms with E-state index in [0.717, 1.165) is 186 Å². The predicted molar refractivity (Wildman–Crippen MR) is 536 cm³/mol. The fourth-order valence-corrected chi connectivity index (χ4v) is 21.8. The average Bonchev–Trinajstić information content (AvgIpc) is 0.806. The van der Waals surface area contributed by atoms with Gasteiger partial charge >= 0.3 is 31.3 Å². The molecule has 6 saturated carbocycles. The van der Waals surface area contributed by atoms with Crippen LogP contribution in [0, 0.1) is 0 Å². The molecule has 0 amide bonds. The highest BCUT2D eigenvalue weighted by Gasteiger charge is 2.44. The van der Waals surface area contributed by atoms with Gasteiger partial charge in [0, 0.05) is 62.9 Å². The van der Waals surface area contributed by atoms with Crippen molar-refractivity contribution in [1.82, 2.24) is 34.4 Å². The Morgan fingerprint density at radius 2 is 0.593 bits per heavy atom. The molecule has 6 aliphatic carbocycles. The van der Waals surface area contributed by atoms with Gasteiger partial charge in [-0.1, -0.05) is 110 Å². The van der Waals surface area contributed by atoms with Crippen LogP contribution in [0.5, 0.6) is 5.75 Å². The topological polar surface area (TPSA) is 96.9 Å². The summed E-state index contributed by atoms with van der Waals surface area (Å²) in [5.41, 5.74) is 2.53. The van der Waals surface area contributed by atoms with E-state index in [-0.39, 0.29) is 126 Å². The van der Waals surface area contributed by atoms with Crippen molar-refractivity contribution in [1.29, 1.82) is 0 Å². The predicted octanol–water partition coefficient (Wildman–Crippen LogP) is 29.3. The molecule has 0 unspecified atom stereocenters. The Balaban J connectivity index is 0.000000229. The molecule has 6 aliphatic rings. The summed E-state index contributed by atoms with van der Waals surface area (Å²) in [7, 11) is 18.4. The molecular weight excluding hydrogens is 1890 g/mol. The highest BCUT2D eigenvalue weighted by atomic mass is 35.5. The Morgan fingerprint density at radius 3 is 0.921 bits per heavy atom. The molecule has 6 aromatic rings. The van der Waals surface area contributed by atoms with Crippen LogP contribution >= 0.6 is 34.8 Å². The molecule has 140 heavy (non-hydrogen) atoms. The van der Waals surface area contributed by atoms with Gasteiger partial charge in [-0.2, -0.15) is 61.5 Å². The van der Waals surface area contributed by atoms with Gasteiger partial charge in [-0.3, -0.25) is 4.90 Å². The molecule has 1 heterocycles. The van der Waals surface area contributed by atoms with E-state index >= 15 is 0 Å². The Morgan fingerprint density at radius 1 is 0.307 bits per heavy atom. The fraction of sp³-hybridized carbons (Fsp3) is 0.679. The number of benzene rings is 5. The molecule has 5 aromatic carbocycles. The monoisotopic (exact) mass is 2050 g/mol. The molecule has 18 atom stereocenters. The Labute approximate surface area is 842 Å². The van der Waals surface area contributed by atoms with E-state index < -0.39 is 53.7 Å². The minimum atomic E-state index is -4.39. The lowest BCUT2D eigenvalue weighted by Crippen LogP contribution is -2.48. The first-order valence-electron chi connectivity index (χ1n) is 50.3. The standard InChI is InChI=1S/C20H30F3NO.C19H28F3NO.C18H25ClF3NO.C18H27F2NO2.C17H25Cl2NO.C17H25F3N2O/c1-5-24(6-2)18-13-16(10-11-19(18)25-14(3)4)15-8-7-9-17(12-15)20(21,22)23;1-5-23(4)17-12-15(9-10-18(17)24-13(2)3)14-7-6-8-16(11-14)19(20,21)22;1-11(2)24-17-6-5-12(9-16(17)23(3)4)13-7-14(18(20,21)22)10-15(19)8-13;1-12(2)22-17-9-8-14(11-16(17)21(3)4)13-6-5-7-15(10-13)23-18(19)20;1-11(2)21-17-6-5-12(9-16(17)20(3)4)13-7-14(18)10-15(19)8-13;1-11(2)23-15-9-8-12(10-14(15)22(3)4)13-6-5-7-16(21-13)17(18,19)20/h7-9,12,14,16,18-19H,5-6,10-11,13H2,1-4H3;6-8,11,13,15,17-18H,5,9-10,12H2,1-4H3;7-8,10-12,16-17H,5-6,9H2,1-4H3;5-7,10,12,14,16-18H,8-9,11H2,1-4H3;7-8,10-12,16-17H,5-6,9H2,1-4H3;5-7,11-12,14-15H,8-10H2,1-4H3/t16-,18-,19-;15-,17-,18-;12-,16-,17-;14-,16-,17-;12-,16-,17-;12-,14-,15-/m000000/s1. The van der Waals surface area contributed by atoms with E-state index in [1.54, 1.807) is 36.4 Å². The smallest absolute Gasteiger partial charge is 0.433 e. The first kappa shape index (κ1) is 121. The molecule has 0 bridgehead atoms.